The number of benzene rings is 1. The van der Waals surface area contributed by atoms with E-state index in [-0.39, 0.29) is 16.9 Å². The highest BCUT2D eigenvalue weighted by Crippen LogP contribution is 2.20. The van der Waals surface area contributed by atoms with Gasteiger partial charge >= 0.3 is 0 Å². The van der Waals surface area contributed by atoms with Gasteiger partial charge in [0.2, 0.25) is 10.0 Å². The molecular weight excluding hydrogens is 269 g/mol. The normalized spacial score (nSPS) is 23.4. The largest absolute Gasteiger partial charge is 0.379 e. The van der Waals surface area contributed by atoms with Crippen molar-refractivity contribution in [2.45, 2.75) is 17.4 Å². The van der Waals surface area contributed by atoms with E-state index in [4.69, 9.17) is 4.74 Å². The number of allylic oxidation sites excluding steroid dienone is 1. The molecule has 0 aliphatic carbocycles. The molecule has 1 saturated heterocycles. The Morgan fingerprint density at radius 2 is 2.05 bits per heavy atom. The van der Waals surface area contributed by atoms with E-state index in [2.05, 4.69) is 11.3 Å². The molecule has 0 saturated carbocycles. The summed E-state index contributed by atoms with van der Waals surface area (Å²) < 4.78 is 45.0. The highest BCUT2D eigenvalue weighted by atomic mass is 32.2. The average Bonchev–Trinajstić information content (AvgIpc) is 2.77. The molecule has 2 rings (SSSR count). The second-order valence-corrected chi connectivity index (χ2v) is 6.22. The molecule has 0 unspecified atom stereocenters. The molecule has 104 valence electrons. The molecule has 1 fully saturated rings. The van der Waals surface area contributed by atoms with Gasteiger partial charge in [0.25, 0.3) is 0 Å². The zero-order valence-corrected chi connectivity index (χ0v) is 11.2. The molecule has 2 atom stereocenters. The summed E-state index contributed by atoms with van der Waals surface area (Å²) in [7, 11) is -3.64. The Hall–Kier alpha value is -1.24. The van der Waals surface area contributed by atoms with Crippen molar-refractivity contribution in [2.75, 3.05) is 13.2 Å². The van der Waals surface area contributed by atoms with Crippen molar-refractivity contribution in [1.82, 2.24) is 4.72 Å². The van der Waals surface area contributed by atoms with Crippen LogP contribution in [0.1, 0.15) is 6.42 Å². The SMILES string of the molecule is C=CC[C@H]1COC[C@@H]1NS(=O)(=O)c1ccc(F)cc1. The van der Waals surface area contributed by atoms with E-state index in [1.807, 2.05) is 0 Å². The summed E-state index contributed by atoms with van der Waals surface area (Å²) in [6, 6.07) is 4.47. The van der Waals surface area contributed by atoms with Gasteiger partial charge in [-0.05, 0) is 30.7 Å². The maximum atomic E-state index is 12.8. The van der Waals surface area contributed by atoms with Crippen molar-refractivity contribution in [2.24, 2.45) is 5.92 Å². The van der Waals surface area contributed by atoms with E-state index in [1.54, 1.807) is 6.08 Å². The smallest absolute Gasteiger partial charge is 0.240 e. The zero-order chi connectivity index (χ0) is 13.9. The minimum absolute atomic E-state index is 0.0538. The molecule has 19 heavy (non-hydrogen) atoms. The van der Waals surface area contributed by atoms with Crippen LogP contribution >= 0.6 is 0 Å². The average molecular weight is 285 g/mol. The van der Waals surface area contributed by atoms with Crippen LogP contribution in [0.3, 0.4) is 0 Å². The summed E-state index contributed by atoms with van der Waals surface area (Å²) in [4.78, 5) is 0.0538. The van der Waals surface area contributed by atoms with Crippen LogP contribution in [0, 0.1) is 11.7 Å². The number of hydrogen-bond acceptors (Lipinski definition) is 3. The Bertz CT molecular complexity index is 542. The van der Waals surface area contributed by atoms with Gasteiger partial charge < -0.3 is 4.74 Å². The van der Waals surface area contributed by atoms with Gasteiger partial charge in [-0.15, -0.1) is 6.58 Å². The van der Waals surface area contributed by atoms with E-state index in [0.29, 0.717) is 19.6 Å². The third-order valence-corrected chi connectivity index (χ3v) is 4.60. The molecule has 4 nitrogen and oxygen atoms in total. The van der Waals surface area contributed by atoms with E-state index in [0.717, 1.165) is 12.1 Å². The molecule has 1 aliphatic rings. The van der Waals surface area contributed by atoms with E-state index in [9.17, 15) is 12.8 Å². The maximum Gasteiger partial charge on any atom is 0.240 e. The fourth-order valence-corrected chi connectivity index (χ4v) is 3.35. The van der Waals surface area contributed by atoms with Crippen molar-refractivity contribution in [3.8, 4) is 0 Å². The summed E-state index contributed by atoms with van der Waals surface area (Å²) in [6.07, 6.45) is 2.44. The first-order chi connectivity index (χ1) is 9.03. The van der Waals surface area contributed by atoms with Crippen LogP contribution in [0.2, 0.25) is 0 Å². The minimum atomic E-state index is -3.64. The topological polar surface area (TPSA) is 55.4 Å². The highest BCUT2D eigenvalue weighted by molar-refractivity contribution is 7.89. The molecule has 1 N–H and O–H groups in total. The van der Waals surface area contributed by atoms with Crippen molar-refractivity contribution in [3.63, 3.8) is 0 Å². The summed E-state index contributed by atoms with van der Waals surface area (Å²) in [6.45, 7) is 4.51. The Morgan fingerprint density at radius 3 is 2.68 bits per heavy atom. The maximum absolute atomic E-state index is 12.8. The van der Waals surface area contributed by atoms with Gasteiger partial charge in [-0.25, -0.2) is 17.5 Å². The number of sulfonamides is 1. The van der Waals surface area contributed by atoms with Gasteiger partial charge in [0.05, 0.1) is 24.2 Å². The van der Waals surface area contributed by atoms with Crippen LogP contribution in [0.15, 0.2) is 41.8 Å². The number of rotatable bonds is 5. The third-order valence-electron chi connectivity index (χ3n) is 3.10. The standard InChI is InChI=1S/C13H16FNO3S/c1-2-3-10-8-18-9-13(10)15-19(16,17)12-6-4-11(14)5-7-12/h2,4-7,10,13,15H,1,3,8-9H2/t10-,13-/m0/s1. The second kappa shape index (κ2) is 5.81. The van der Waals surface area contributed by atoms with Crippen LogP contribution in [0.25, 0.3) is 0 Å². The molecule has 0 radical (unpaired) electrons. The zero-order valence-electron chi connectivity index (χ0n) is 10.4. The van der Waals surface area contributed by atoms with Crippen molar-refractivity contribution < 1.29 is 17.5 Å². The van der Waals surface area contributed by atoms with Gasteiger partial charge in [-0.2, -0.15) is 0 Å². The van der Waals surface area contributed by atoms with Gasteiger partial charge in [0.15, 0.2) is 0 Å². The summed E-state index contributed by atoms with van der Waals surface area (Å²) in [5, 5.41) is 0. The molecule has 0 amide bonds. The summed E-state index contributed by atoms with van der Waals surface area (Å²) in [5.41, 5.74) is 0. The van der Waals surface area contributed by atoms with Gasteiger partial charge in [0, 0.05) is 5.92 Å². The first kappa shape index (κ1) is 14.2. The van der Waals surface area contributed by atoms with Crippen LogP contribution in [-0.4, -0.2) is 27.7 Å². The number of nitrogens with one attached hydrogen (secondary N) is 1. The number of ether oxygens (including phenoxy) is 1. The van der Waals surface area contributed by atoms with E-state index >= 15 is 0 Å². The molecule has 1 aromatic rings. The monoisotopic (exact) mass is 285 g/mol. The van der Waals surface area contributed by atoms with Crippen molar-refractivity contribution >= 4 is 10.0 Å². The lowest BCUT2D eigenvalue weighted by molar-refractivity contribution is 0.184. The molecule has 0 spiro atoms. The number of halogens is 1. The van der Waals surface area contributed by atoms with Crippen molar-refractivity contribution in [1.29, 1.82) is 0 Å². The predicted molar refractivity (Wildman–Crippen MR) is 69.6 cm³/mol. The first-order valence-corrected chi connectivity index (χ1v) is 7.48. The Labute approximate surface area is 112 Å². The van der Waals surface area contributed by atoms with Gasteiger partial charge in [-0.1, -0.05) is 6.08 Å². The molecule has 6 heteroatoms. The van der Waals surface area contributed by atoms with Crippen LogP contribution < -0.4 is 4.72 Å². The lowest BCUT2D eigenvalue weighted by Gasteiger charge is -2.17. The van der Waals surface area contributed by atoms with Crippen molar-refractivity contribution in [3.05, 3.63) is 42.7 Å². The first-order valence-electron chi connectivity index (χ1n) is 5.99. The predicted octanol–water partition coefficient (Wildman–Crippen LogP) is 1.70. The van der Waals surface area contributed by atoms with Gasteiger partial charge in [-0.3, -0.25) is 0 Å². The Balaban J connectivity index is 2.12. The minimum Gasteiger partial charge on any atom is -0.379 e. The quantitative estimate of drug-likeness (QED) is 0.838. The fourth-order valence-electron chi connectivity index (χ4n) is 2.06. The fraction of sp³-hybridized carbons (Fsp3) is 0.385. The molecule has 1 aliphatic heterocycles. The molecule has 0 aromatic heterocycles. The lowest BCUT2D eigenvalue weighted by atomic mass is 10.0. The van der Waals surface area contributed by atoms with E-state index < -0.39 is 15.8 Å². The molecule has 1 heterocycles. The molecular formula is C13H16FNO3S. The summed E-state index contributed by atoms with van der Waals surface area (Å²) in [5.74, 6) is -0.375. The van der Waals surface area contributed by atoms with Crippen LogP contribution in [0.4, 0.5) is 4.39 Å². The lowest BCUT2D eigenvalue weighted by Crippen LogP contribution is -2.39. The van der Waals surface area contributed by atoms with Crippen LogP contribution in [0.5, 0.6) is 0 Å². The Morgan fingerprint density at radius 1 is 1.37 bits per heavy atom. The van der Waals surface area contributed by atoms with E-state index in [1.165, 1.54) is 12.1 Å². The highest BCUT2D eigenvalue weighted by Gasteiger charge is 2.31. The van der Waals surface area contributed by atoms with Crippen LogP contribution in [-0.2, 0) is 14.8 Å². The summed E-state index contributed by atoms with van der Waals surface area (Å²) >= 11 is 0. The molecule has 0 bridgehead atoms. The third kappa shape index (κ3) is 3.40. The Kier molecular flexibility index (Phi) is 4.34. The number of hydrogen-bond donors (Lipinski definition) is 1. The second-order valence-electron chi connectivity index (χ2n) is 4.50. The molecule has 1 aromatic carbocycles. The van der Waals surface area contributed by atoms with Gasteiger partial charge in [0.1, 0.15) is 5.82 Å².